The lowest BCUT2D eigenvalue weighted by molar-refractivity contribution is 0.0880. The van der Waals surface area contributed by atoms with E-state index in [1.54, 1.807) is 31.2 Å². The molecule has 0 spiro atoms. The molecule has 0 saturated heterocycles. The maximum absolute atomic E-state index is 13.0. The van der Waals surface area contributed by atoms with E-state index in [0.29, 0.717) is 21.6 Å². The number of aromatic nitrogens is 2. The molecule has 3 aromatic rings. The number of amides is 2. The number of carbonyl (C=O) groups is 2. The summed E-state index contributed by atoms with van der Waals surface area (Å²) in [6.07, 6.45) is 7.20. The van der Waals surface area contributed by atoms with Gasteiger partial charge in [-0.05, 0) is 37.1 Å². The molecule has 29 heavy (non-hydrogen) atoms. The average Bonchev–Trinajstić information content (AvgIpc) is 3.44. The molecule has 0 radical (unpaired) electrons. The Morgan fingerprint density at radius 1 is 1.10 bits per heavy atom. The first-order valence-electron chi connectivity index (χ1n) is 9.64. The van der Waals surface area contributed by atoms with Crippen LogP contribution in [0.5, 0.6) is 0 Å². The fourth-order valence-corrected chi connectivity index (χ4v) is 4.41. The summed E-state index contributed by atoms with van der Waals surface area (Å²) in [6, 6.07) is 6.63. The first kappa shape index (κ1) is 19.4. The number of aryl methyl sites for hydroxylation is 1. The van der Waals surface area contributed by atoms with E-state index in [1.165, 1.54) is 17.6 Å². The number of nitrogens with zero attached hydrogens (tertiary/aromatic N) is 2. The lowest BCUT2D eigenvalue weighted by Gasteiger charge is -2.30. The average molecular weight is 414 g/mol. The molecule has 8 nitrogen and oxygen atoms in total. The van der Waals surface area contributed by atoms with Crippen molar-refractivity contribution >= 4 is 28.2 Å². The molecule has 2 amide bonds. The molecule has 4 rings (SSSR count). The summed E-state index contributed by atoms with van der Waals surface area (Å²) in [4.78, 5) is 30.1. The fraction of sp³-hybridized carbons (Fsp3) is 0.400. The highest BCUT2D eigenvalue weighted by molar-refractivity contribution is 7.18. The largest absolute Gasteiger partial charge is 0.459 e. The second-order valence-electron chi connectivity index (χ2n) is 7.18. The summed E-state index contributed by atoms with van der Waals surface area (Å²) in [6.45, 7) is 1.75. The van der Waals surface area contributed by atoms with Crippen LogP contribution in [0.1, 0.15) is 70.5 Å². The maximum Gasteiger partial charge on any atom is 0.291 e. The highest BCUT2D eigenvalue weighted by atomic mass is 32.1. The van der Waals surface area contributed by atoms with Crippen molar-refractivity contribution in [1.82, 2.24) is 15.5 Å². The van der Waals surface area contributed by atoms with E-state index >= 15 is 0 Å². The Morgan fingerprint density at radius 2 is 1.90 bits per heavy atom. The third-order valence-corrected chi connectivity index (χ3v) is 6.08. The van der Waals surface area contributed by atoms with E-state index in [9.17, 15) is 9.59 Å². The van der Waals surface area contributed by atoms with Crippen LogP contribution in [-0.4, -0.2) is 22.0 Å². The highest BCUT2D eigenvalue weighted by Crippen LogP contribution is 2.35. The van der Waals surface area contributed by atoms with Crippen molar-refractivity contribution in [1.29, 1.82) is 0 Å². The third kappa shape index (κ3) is 4.24. The highest BCUT2D eigenvalue weighted by Gasteiger charge is 2.39. The van der Waals surface area contributed by atoms with Crippen molar-refractivity contribution in [3.63, 3.8) is 0 Å². The summed E-state index contributed by atoms with van der Waals surface area (Å²) in [5.74, 6) is 0.670. The van der Waals surface area contributed by atoms with Gasteiger partial charge in [0.05, 0.1) is 16.1 Å². The standard InChI is InChI=1S/C20H22N4O4S/c1-13-21-19(24-28-13)20(10-4-2-3-5-11-20)23-18(26)15-8-9-16(29-15)22-17(25)14-7-6-12-27-14/h6-9,12H,2-5,10-11H2,1H3,(H,22,25)(H,23,26). The second kappa shape index (κ2) is 8.20. The van der Waals surface area contributed by atoms with Crippen LogP contribution in [0.3, 0.4) is 0 Å². The molecule has 152 valence electrons. The summed E-state index contributed by atoms with van der Waals surface area (Å²) >= 11 is 1.21. The second-order valence-corrected chi connectivity index (χ2v) is 8.27. The van der Waals surface area contributed by atoms with Crippen LogP contribution >= 0.6 is 11.3 Å². The summed E-state index contributed by atoms with van der Waals surface area (Å²) in [7, 11) is 0. The van der Waals surface area contributed by atoms with Gasteiger partial charge in [0.2, 0.25) is 5.89 Å². The van der Waals surface area contributed by atoms with E-state index in [4.69, 9.17) is 8.94 Å². The lowest BCUT2D eigenvalue weighted by atomic mass is 9.89. The molecule has 0 unspecified atom stereocenters. The minimum atomic E-state index is -0.632. The molecule has 3 aromatic heterocycles. The number of furan rings is 1. The number of nitrogens with one attached hydrogen (secondary N) is 2. The van der Waals surface area contributed by atoms with Gasteiger partial charge in [-0.2, -0.15) is 4.98 Å². The van der Waals surface area contributed by atoms with Crippen molar-refractivity contribution in [3.05, 3.63) is 52.9 Å². The van der Waals surface area contributed by atoms with E-state index in [2.05, 4.69) is 20.8 Å². The Bertz CT molecular complexity index is 984. The van der Waals surface area contributed by atoms with Crippen LogP contribution in [0.15, 0.2) is 39.5 Å². The maximum atomic E-state index is 13.0. The smallest absolute Gasteiger partial charge is 0.291 e. The quantitative estimate of drug-likeness (QED) is 0.604. The molecule has 1 saturated carbocycles. The minimum absolute atomic E-state index is 0.210. The molecule has 0 bridgehead atoms. The summed E-state index contributed by atoms with van der Waals surface area (Å²) in [5, 5.41) is 10.6. The molecule has 0 aliphatic heterocycles. The zero-order chi connectivity index (χ0) is 20.3. The monoisotopic (exact) mass is 414 g/mol. The van der Waals surface area contributed by atoms with Gasteiger partial charge in [-0.3, -0.25) is 9.59 Å². The number of carbonyl (C=O) groups excluding carboxylic acids is 2. The molecule has 3 heterocycles. The number of thiophene rings is 1. The van der Waals surface area contributed by atoms with Gasteiger partial charge in [0, 0.05) is 6.92 Å². The zero-order valence-electron chi connectivity index (χ0n) is 16.1. The van der Waals surface area contributed by atoms with Gasteiger partial charge in [-0.1, -0.05) is 30.8 Å². The van der Waals surface area contributed by atoms with Crippen molar-refractivity contribution in [2.75, 3.05) is 5.32 Å². The number of anilines is 1. The Hall–Kier alpha value is -2.94. The molecule has 0 aromatic carbocycles. The predicted molar refractivity (Wildman–Crippen MR) is 107 cm³/mol. The molecule has 2 N–H and O–H groups in total. The SMILES string of the molecule is Cc1nc(C2(NC(=O)c3ccc(NC(=O)c4ccco4)s3)CCCCCC2)no1. The first-order chi connectivity index (χ1) is 14.1. The van der Waals surface area contributed by atoms with E-state index in [1.807, 2.05) is 0 Å². The molecule has 9 heteroatoms. The van der Waals surface area contributed by atoms with Crippen molar-refractivity contribution < 1.29 is 18.5 Å². The topological polar surface area (TPSA) is 110 Å². The molecule has 0 atom stereocenters. The van der Waals surface area contributed by atoms with E-state index in [0.717, 1.165) is 38.5 Å². The van der Waals surface area contributed by atoms with Crippen molar-refractivity contribution in [3.8, 4) is 0 Å². The van der Waals surface area contributed by atoms with Gasteiger partial charge in [0.25, 0.3) is 11.8 Å². The van der Waals surface area contributed by atoms with Crippen LogP contribution < -0.4 is 10.6 Å². The normalized spacial score (nSPS) is 16.2. The lowest BCUT2D eigenvalue weighted by Crippen LogP contribution is -2.46. The van der Waals surface area contributed by atoms with Gasteiger partial charge in [-0.15, -0.1) is 11.3 Å². The van der Waals surface area contributed by atoms with Gasteiger partial charge in [-0.25, -0.2) is 0 Å². The minimum Gasteiger partial charge on any atom is -0.459 e. The molecular weight excluding hydrogens is 392 g/mol. The summed E-state index contributed by atoms with van der Waals surface area (Å²) in [5.41, 5.74) is -0.632. The van der Waals surface area contributed by atoms with Gasteiger partial charge >= 0.3 is 0 Å². The zero-order valence-corrected chi connectivity index (χ0v) is 16.9. The van der Waals surface area contributed by atoms with Crippen LogP contribution in [0.2, 0.25) is 0 Å². The van der Waals surface area contributed by atoms with Crippen molar-refractivity contribution in [2.24, 2.45) is 0 Å². The van der Waals surface area contributed by atoms with Crippen LogP contribution in [0.25, 0.3) is 0 Å². The van der Waals surface area contributed by atoms with Crippen LogP contribution in [0.4, 0.5) is 5.00 Å². The molecule has 1 aliphatic rings. The van der Waals surface area contributed by atoms with Gasteiger partial charge in [0.1, 0.15) is 5.54 Å². The number of rotatable bonds is 5. The molecular formula is C20H22N4O4S. The van der Waals surface area contributed by atoms with E-state index < -0.39 is 5.54 Å². The molecule has 1 fully saturated rings. The Morgan fingerprint density at radius 3 is 2.55 bits per heavy atom. The van der Waals surface area contributed by atoms with E-state index in [-0.39, 0.29) is 17.6 Å². The van der Waals surface area contributed by atoms with Gasteiger partial charge in [0.15, 0.2) is 11.6 Å². The summed E-state index contributed by atoms with van der Waals surface area (Å²) < 4.78 is 10.3. The third-order valence-electron chi connectivity index (χ3n) is 5.08. The van der Waals surface area contributed by atoms with Gasteiger partial charge < -0.3 is 19.6 Å². The number of hydrogen-bond acceptors (Lipinski definition) is 7. The Balaban J connectivity index is 1.51. The fourth-order valence-electron chi connectivity index (χ4n) is 3.62. The van der Waals surface area contributed by atoms with Crippen LogP contribution in [0, 0.1) is 6.92 Å². The molecule has 1 aliphatic carbocycles. The van der Waals surface area contributed by atoms with Crippen molar-refractivity contribution in [2.45, 2.75) is 51.0 Å². The number of hydrogen-bond donors (Lipinski definition) is 2. The predicted octanol–water partition coefficient (Wildman–Crippen LogP) is 4.26. The first-order valence-corrected chi connectivity index (χ1v) is 10.5. The Labute approximate surface area is 171 Å². The Kier molecular flexibility index (Phi) is 5.48. The van der Waals surface area contributed by atoms with Crippen LogP contribution in [-0.2, 0) is 5.54 Å².